The lowest BCUT2D eigenvalue weighted by molar-refractivity contribution is 0.247. The van der Waals surface area contributed by atoms with Gasteiger partial charge in [-0.15, -0.1) is 0 Å². The van der Waals surface area contributed by atoms with Crippen LogP contribution in [0, 0.1) is 0 Å². The van der Waals surface area contributed by atoms with Gasteiger partial charge in [-0.05, 0) is 17.2 Å². The van der Waals surface area contributed by atoms with E-state index in [0.717, 1.165) is 11.1 Å². The molecule has 2 rings (SSSR count). The van der Waals surface area contributed by atoms with Gasteiger partial charge in [-0.1, -0.05) is 36.4 Å². The quantitative estimate of drug-likeness (QED) is 0.840. The second kappa shape index (κ2) is 5.12. The molecule has 1 aromatic heterocycles. The van der Waals surface area contributed by atoms with Gasteiger partial charge >= 0.3 is 6.03 Å². The van der Waals surface area contributed by atoms with Gasteiger partial charge in [0.05, 0.1) is 6.04 Å². The summed E-state index contributed by atoms with van der Waals surface area (Å²) in [6.45, 7) is 0. The van der Waals surface area contributed by atoms with Crippen molar-refractivity contribution in [1.29, 1.82) is 0 Å². The van der Waals surface area contributed by atoms with E-state index in [-0.39, 0.29) is 6.04 Å². The largest absolute Gasteiger partial charge is 0.352 e. The maximum atomic E-state index is 11.0. The molecule has 0 bridgehead atoms. The van der Waals surface area contributed by atoms with E-state index in [2.05, 4.69) is 10.3 Å². The molecule has 0 spiro atoms. The molecule has 2 aromatic rings. The first-order chi connectivity index (χ1) is 8.27. The van der Waals surface area contributed by atoms with Crippen LogP contribution in [0.15, 0.2) is 54.9 Å². The Kier molecular flexibility index (Phi) is 3.35. The summed E-state index contributed by atoms with van der Waals surface area (Å²) in [4.78, 5) is 15.1. The highest BCUT2D eigenvalue weighted by molar-refractivity contribution is 5.72. The Morgan fingerprint density at radius 1 is 1.12 bits per heavy atom. The van der Waals surface area contributed by atoms with Gasteiger partial charge in [-0.2, -0.15) is 0 Å². The number of benzene rings is 1. The van der Waals surface area contributed by atoms with E-state index in [0.29, 0.717) is 0 Å². The molecule has 86 valence electrons. The standard InChI is InChI=1S/C13H13N3O/c14-13(17)16-12(10-5-2-1-3-6-10)11-7-4-8-15-9-11/h1-9,12H,(H3,14,16,17). The first-order valence-corrected chi connectivity index (χ1v) is 5.28. The maximum absolute atomic E-state index is 11.0. The fourth-order valence-electron chi connectivity index (χ4n) is 1.69. The first kappa shape index (κ1) is 11.1. The predicted molar refractivity (Wildman–Crippen MR) is 65.2 cm³/mol. The molecule has 2 amide bonds. The van der Waals surface area contributed by atoms with Crippen molar-refractivity contribution < 1.29 is 4.79 Å². The minimum atomic E-state index is -0.553. The summed E-state index contributed by atoms with van der Waals surface area (Å²) in [5.41, 5.74) is 7.07. The van der Waals surface area contributed by atoms with Gasteiger partial charge in [0.25, 0.3) is 0 Å². The average molecular weight is 227 g/mol. The third-order valence-corrected chi connectivity index (χ3v) is 2.44. The number of nitrogens with one attached hydrogen (secondary N) is 1. The van der Waals surface area contributed by atoms with Crippen LogP contribution in [-0.4, -0.2) is 11.0 Å². The van der Waals surface area contributed by atoms with Crippen LogP contribution in [0.1, 0.15) is 17.2 Å². The van der Waals surface area contributed by atoms with E-state index >= 15 is 0 Å². The van der Waals surface area contributed by atoms with Crippen LogP contribution in [0.4, 0.5) is 4.79 Å². The van der Waals surface area contributed by atoms with Crippen LogP contribution in [0.2, 0.25) is 0 Å². The highest BCUT2D eigenvalue weighted by Crippen LogP contribution is 2.20. The van der Waals surface area contributed by atoms with Crippen LogP contribution in [0.25, 0.3) is 0 Å². The van der Waals surface area contributed by atoms with E-state index in [1.807, 2.05) is 42.5 Å². The average Bonchev–Trinajstić information content (AvgIpc) is 2.38. The second-order valence-electron chi connectivity index (χ2n) is 3.64. The van der Waals surface area contributed by atoms with Gasteiger partial charge in [0.2, 0.25) is 0 Å². The lowest BCUT2D eigenvalue weighted by atomic mass is 10.0. The molecule has 1 heterocycles. The van der Waals surface area contributed by atoms with Crippen LogP contribution >= 0.6 is 0 Å². The highest BCUT2D eigenvalue weighted by atomic mass is 16.2. The van der Waals surface area contributed by atoms with Crippen LogP contribution in [0.3, 0.4) is 0 Å². The summed E-state index contributed by atoms with van der Waals surface area (Å²) in [5, 5.41) is 2.71. The molecule has 0 saturated carbocycles. The Morgan fingerprint density at radius 2 is 1.82 bits per heavy atom. The van der Waals surface area contributed by atoms with Crippen LogP contribution in [0.5, 0.6) is 0 Å². The molecule has 1 aromatic carbocycles. The van der Waals surface area contributed by atoms with Gasteiger partial charge in [0.1, 0.15) is 0 Å². The molecule has 3 N–H and O–H groups in total. The van der Waals surface area contributed by atoms with Crippen LogP contribution < -0.4 is 11.1 Å². The minimum Gasteiger partial charge on any atom is -0.352 e. The van der Waals surface area contributed by atoms with E-state index in [9.17, 15) is 4.79 Å². The van der Waals surface area contributed by atoms with Crippen molar-refractivity contribution in [1.82, 2.24) is 10.3 Å². The number of nitrogens with zero attached hydrogens (tertiary/aromatic N) is 1. The topological polar surface area (TPSA) is 68.0 Å². The summed E-state index contributed by atoms with van der Waals surface area (Å²) in [6, 6.07) is 12.6. The van der Waals surface area contributed by atoms with Crippen molar-refractivity contribution in [3.05, 3.63) is 66.0 Å². The maximum Gasteiger partial charge on any atom is 0.312 e. The zero-order chi connectivity index (χ0) is 12.1. The number of carbonyl (C=O) groups excluding carboxylic acids is 1. The number of rotatable bonds is 3. The number of urea groups is 1. The number of amides is 2. The Balaban J connectivity index is 2.36. The summed E-state index contributed by atoms with van der Waals surface area (Å²) < 4.78 is 0. The molecule has 1 unspecified atom stereocenters. The van der Waals surface area contributed by atoms with Crippen molar-refractivity contribution in [2.45, 2.75) is 6.04 Å². The number of primary amides is 1. The zero-order valence-corrected chi connectivity index (χ0v) is 9.21. The lowest BCUT2D eigenvalue weighted by Gasteiger charge is -2.17. The van der Waals surface area contributed by atoms with Crippen molar-refractivity contribution in [2.75, 3.05) is 0 Å². The van der Waals surface area contributed by atoms with E-state index in [1.165, 1.54) is 0 Å². The van der Waals surface area contributed by atoms with Gasteiger partial charge in [0.15, 0.2) is 0 Å². The molecule has 0 fully saturated rings. The second-order valence-corrected chi connectivity index (χ2v) is 3.64. The van der Waals surface area contributed by atoms with Crippen LogP contribution in [-0.2, 0) is 0 Å². The molecule has 0 aliphatic heterocycles. The molecule has 0 radical (unpaired) electrons. The van der Waals surface area contributed by atoms with E-state index < -0.39 is 6.03 Å². The molecule has 4 heteroatoms. The molecule has 0 saturated heterocycles. The van der Waals surface area contributed by atoms with Gasteiger partial charge in [-0.3, -0.25) is 4.98 Å². The predicted octanol–water partition coefficient (Wildman–Crippen LogP) is 1.84. The zero-order valence-electron chi connectivity index (χ0n) is 9.21. The number of hydrogen-bond donors (Lipinski definition) is 2. The Hall–Kier alpha value is -2.36. The van der Waals surface area contributed by atoms with Crippen molar-refractivity contribution in [3.8, 4) is 0 Å². The molecule has 1 atom stereocenters. The summed E-state index contributed by atoms with van der Waals surface area (Å²) >= 11 is 0. The fourth-order valence-corrected chi connectivity index (χ4v) is 1.69. The minimum absolute atomic E-state index is 0.262. The highest BCUT2D eigenvalue weighted by Gasteiger charge is 2.14. The van der Waals surface area contributed by atoms with Gasteiger partial charge in [-0.25, -0.2) is 4.79 Å². The molecular formula is C13H13N3O. The lowest BCUT2D eigenvalue weighted by Crippen LogP contribution is -2.33. The number of aromatic nitrogens is 1. The molecule has 4 nitrogen and oxygen atoms in total. The third-order valence-electron chi connectivity index (χ3n) is 2.44. The SMILES string of the molecule is NC(=O)NC(c1ccccc1)c1cccnc1. The van der Waals surface area contributed by atoms with Crippen molar-refractivity contribution in [2.24, 2.45) is 5.73 Å². The summed E-state index contributed by atoms with van der Waals surface area (Å²) in [5.74, 6) is 0. The fraction of sp³-hybridized carbons (Fsp3) is 0.0769. The Labute approximate surface area is 99.5 Å². The first-order valence-electron chi connectivity index (χ1n) is 5.28. The van der Waals surface area contributed by atoms with Crippen molar-refractivity contribution >= 4 is 6.03 Å². The number of carbonyl (C=O) groups is 1. The third kappa shape index (κ3) is 2.81. The normalized spacial score (nSPS) is 11.8. The van der Waals surface area contributed by atoms with E-state index in [1.54, 1.807) is 12.4 Å². The van der Waals surface area contributed by atoms with Crippen molar-refractivity contribution in [3.63, 3.8) is 0 Å². The monoisotopic (exact) mass is 227 g/mol. The van der Waals surface area contributed by atoms with Gasteiger partial charge < -0.3 is 11.1 Å². The molecule has 0 aliphatic carbocycles. The number of nitrogens with two attached hydrogens (primary N) is 1. The number of hydrogen-bond acceptors (Lipinski definition) is 2. The molecule has 0 aliphatic rings. The molecule has 17 heavy (non-hydrogen) atoms. The number of pyridine rings is 1. The molecular weight excluding hydrogens is 214 g/mol. The van der Waals surface area contributed by atoms with E-state index in [4.69, 9.17) is 5.73 Å². The Morgan fingerprint density at radius 3 is 2.41 bits per heavy atom. The smallest absolute Gasteiger partial charge is 0.312 e. The summed E-state index contributed by atoms with van der Waals surface area (Å²) in [7, 11) is 0. The van der Waals surface area contributed by atoms with Gasteiger partial charge in [0, 0.05) is 12.4 Å². The summed E-state index contributed by atoms with van der Waals surface area (Å²) in [6.07, 6.45) is 3.41. The Bertz CT molecular complexity index is 445.